The Balaban J connectivity index is 2.73. The third-order valence-electron chi connectivity index (χ3n) is 4.65. The lowest BCUT2D eigenvalue weighted by Crippen LogP contribution is -2.39. The number of hydrogen-bond donors (Lipinski definition) is 1. The van der Waals surface area contributed by atoms with Gasteiger partial charge in [0.15, 0.2) is 11.5 Å². The van der Waals surface area contributed by atoms with E-state index < -0.39 is 42.7 Å². The van der Waals surface area contributed by atoms with E-state index in [1.807, 2.05) is 13.8 Å². The molecular weight excluding hydrogens is 466 g/mol. The molecule has 3 atom stereocenters. The highest BCUT2D eigenvalue weighted by atomic mass is 16.7. The van der Waals surface area contributed by atoms with Crippen molar-refractivity contribution in [2.75, 3.05) is 20.8 Å². The van der Waals surface area contributed by atoms with Crippen LogP contribution in [0.3, 0.4) is 0 Å². The van der Waals surface area contributed by atoms with Crippen LogP contribution in [0.4, 0.5) is 14.4 Å². The Morgan fingerprint density at radius 3 is 1.97 bits per heavy atom. The fourth-order valence-corrected chi connectivity index (χ4v) is 2.47. The summed E-state index contributed by atoms with van der Waals surface area (Å²) in [5, 5.41) is 0. The molecule has 0 radical (unpaired) electrons. The molecule has 0 spiro atoms. The van der Waals surface area contributed by atoms with Crippen molar-refractivity contribution in [3.05, 3.63) is 23.8 Å². The van der Waals surface area contributed by atoms with Gasteiger partial charge in [-0.15, -0.1) is 0 Å². The highest BCUT2D eigenvalue weighted by Gasteiger charge is 2.25. The first-order valence-electron chi connectivity index (χ1n) is 10.9. The van der Waals surface area contributed by atoms with E-state index in [1.54, 1.807) is 13.8 Å². The highest BCUT2D eigenvalue weighted by molar-refractivity contribution is 5.76. The molecule has 0 fully saturated rings. The maximum atomic E-state index is 12.4. The largest absolute Gasteiger partial charge is 0.513 e. The molecule has 0 aliphatic carbocycles. The van der Waals surface area contributed by atoms with Gasteiger partial charge in [0.05, 0.1) is 20.8 Å². The van der Waals surface area contributed by atoms with E-state index in [-0.39, 0.29) is 24.5 Å². The van der Waals surface area contributed by atoms with Crippen LogP contribution in [0.5, 0.6) is 11.5 Å². The number of nitrogens with two attached hydrogens (primary N) is 1. The molecule has 12 heteroatoms. The van der Waals surface area contributed by atoms with Gasteiger partial charge in [0.2, 0.25) is 0 Å². The number of methoxy groups -OCH3 is 2. The van der Waals surface area contributed by atoms with E-state index in [1.165, 1.54) is 18.2 Å². The van der Waals surface area contributed by atoms with Crippen molar-refractivity contribution < 1.29 is 52.3 Å². The second-order valence-corrected chi connectivity index (χ2v) is 7.95. The van der Waals surface area contributed by atoms with E-state index in [4.69, 9.17) is 29.4 Å². The molecule has 0 saturated carbocycles. The summed E-state index contributed by atoms with van der Waals surface area (Å²) in [5.41, 5.74) is 6.43. The Kier molecular flexibility index (Phi) is 12.4. The number of esters is 1. The zero-order valence-electron chi connectivity index (χ0n) is 20.7. The highest BCUT2D eigenvalue weighted by Crippen LogP contribution is 2.30. The van der Waals surface area contributed by atoms with E-state index >= 15 is 0 Å². The van der Waals surface area contributed by atoms with Gasteiger partial charge < -0.3 is 38.9 Å². The normalized spacial score (nSPS) is 13.1. The molecule has 1 aromatic carbocycles. The zero-order valence-corrected chi connectivity index (χ0v) is 20.7. The van der Waals surface area contributed by atoms with Crippen molar-refractivity contribution in [3.8, 4) is 11.5 Å². The van der Waals surface area contributed by atoms with Crippen molar-refractivity contribution in [1.82, 2.24) is 0 Å². The maximum absolute atomic E-state index is 12.4. The van der Waals surface area contributed by atoms with Crippen LogP contribution in [-0.4, -0.2) is 63.5 Å². The Morgan fingerprint density at radius 2 is 1.40 bits per heavy atom. The molecule has 0 unspecified atom stereocenters. The van der Waals surface area contributed by atoms with E-state index in [9.17, 15) is 19.2 Å². The molecule has 2 N–H and O–H groups in total. The zero-order chi connectivity index (χ0) is 26.5. The van der Waals surface area contributed by atoms with Crippen molar-refractivity contribution >= 4 is 24.4 Å². The first-order valence-corrected chi connectivity index (χ1v) is 10.9. The molecule has 196 valence electrons. The second kappa shape index (κ2) is 14.7. The Bertz CT molecular complexity index is 871. The molecule has 0 aliphatic rings. The van der Waals surface area contributed by atoms with E-state index in [0.29, 0.717) is 17.9 Å². The lowest BCUT2D eigenvalue weighted by atomic mass is 10.1. The van der Waals surface area contributed by atoms with E-state index in [0.717, 1.165) is 14.2 Å². The van der Waals surface area contributed by atoms with Crippen LogP contribution in [0, 0.1) is 5.92 Å². The summed E-state index contributed by atoms with van der Waals surface area (Å²) in [6, 6.07) is 3.11. The summed E-state index contributed by atoms with van der Waals surface area (Å²) in [4.78, 5) is 47.1. The number of ether oxygens (including phenoxy) is 7. The van der Waals surface area contributed by atoms with Crippen LogP contribution in [-0.2, 0) is 34.9 Å². The Morgan fingerprint density at radius 1 is 0.829 bits per heavy atom. The van der Waals surface area contributed by atoms with E-state index in [2.05, 4.69) is 9.47 Å². The van der Waals surface area contributed by atoms with Crippen molar-refractivity contribution in [1.29, 1.82) is 0 Å². The van der Waals surface area contributed by atoms with Crippen molar-refractivity contribution in [2.24, 2.45) is 11.7 Å². The predicted octanol–water partition coefficient (Wildman–Crippen LogP) is 3.37. The number of rotatable bonds is 11. The Labute approximate surface area is 203 Å². The van der Waals surface area contributed by atoms with Crippen LogP contribution in [0.25, 0.3) is 0 Å². The van der Waals surface area contributed by atoms with Gasteiger partial charge in [-0.25, -0.2) is 14.4 Å². The quantitative estimate of drug-likeness (QED) is 0.269. The number of benzene rings is 1. The molecule has 35 heavy (non-hydrogen) atoms. The Hall–Kier alpha value is -3.54. The predicted molar refractivity (Wildman–Crippen MR) is 121 cm³/mol. The van der Waals surface area contributed by atoms with Gasteiger partial charge >= 0.3 is 24.4 Å². The van der Waals surface area contributed by atoms with Crippen molar-refractivity contribution in [2.45, 2.75) is 58.8 Å². The number of carbonyl (C=O) groups is 4. The first kappa shape index (κ1) is 29.5. The minimum absolute atomic E-state index is 0.00588. The molecule has 1 aromatic rings. The fourth-order valence-electron chi connectivity index (χ4n) is 2.47. The average Bonchev–Trinajstić information content (AvgIpc) is 2.79. The maximum Gasteiger partial charge on any atom is 0.513 e. The van der Waals surface area contributed by atoms with Crippen LogP contribution in [0.2, 0.25) is 0 Å². The average molecular weight is 500 g/mol. The third-order valence-corrected chi connectivity index (χ3v) is 4.65. The summed E-state index contributed by atoms with van der Waals surface area (Å²) in [5.74, 6) is -0.624. The van der Waals surface area contributed by atoms with Gasteiger partial charge in [-0.3, -0.25) is 4.79 Å². The van der Waals surface area contributed by atoms with Crippen LogP contribution < -0.4 is 15.2 Å². The van der Waals surface area contributed by atoms with Gasteiger partial charge in [0.25, 0.3) is 0 Å². The summed E-state index contributed by atoms with van der Waals surface area (Å²) in [6.45, 7) is 7.34. The smallest absolute Gasteiger partial charge is 0.458 e. The molecule has 0 aromatic heterocycles. The molecule has 0 heterocycles. The van der Waals surface area contributed by atoms with Crippen LogP contribution in [0.1, 0.15) is 39.7 Å². The van der Waals surface area contributed by atoms with Gasteiger partial charge in [-0.1, -0.05) is 19.9 Å². The van der Waals surface area contributed by atoms with Gasteiger partial charge in [0, 0.05) is 0 Å². The number of carbonyl (C=O) groups excluding carboxylic acids is 4. The molecule has 0 amide bonds. The van der Waals surface area contributed by atoms with Gasteiger partial charge in [0.1, 0.15) is 18.2 Å². The second-order valence-electron chi connectivity index (χ2n) is 7.95. The van der Waals surface area contributed by atoms with Crippen molar-refractivity contribution in [3.63, 3.8) is 0 Å². The summed E-state index contributed by atoms with van der Waals surface area (Å²) < 4.78 is 34.2. The first-order chi connectivity index (χ1) is 16.5. The summed E-state index contributed by atoms with van der Waals surface area (Å²) >= 11 is 0. The summed E-state index contributed by atoms with van der Waals surface area (Å²) in [7, 11) is 2.22. The van der Waals surface area contributed by atoms with Gasteiger partial charge in [-0.05, 0) is 50.3 Å². The standard InChI is InChI=1S/C23H33NO11/c1-13(2)9-10-31-23(28)33-15(4)14(3)32-20(25)17(24)11-16-7-8-18(34-21(26)29-5)19(12-16)35-22(27)30-6/h7-8,12-15,17H,9-11,24H2,1-6H3/t14-,15-,17-/m0/s1. The minimum atomic E-state index is -1.10. The third kappa shape index (κ3) is 11.0. The van der Waals surface area contributed by atoms with Crippen LogP contribution >= 0.6 is 0 Å². The molecule has 0 bridgehead atoms. The lowest BCUT2D eigenvalue weighted by Gasteiger charge is -2.22. The molecule has 1 rings (SSSR count). The van der Waals surface area contributed by atoms with Crippen LogP contribution in [0.15, 0.2) is 18.2 Å². The SMILES string of the molecule is COC(=O)Oc1ccc(C[C@H](N)C(=O)O[C@@H](C)[C@H](C)OC(=O)OCCC(C)C)cc1OC(=O)OC. The fraction of sp³-hybridized carbons (Fsp3) is 0.565. The molecule has 0 aliphatic heterocycles. The molecule has 12 nitrogen and oxygen atoms in total. The summed E-state index contributed by atoms with van der Waals surface area (Å²) in [6.07, 6.45) is -3.79. The number of hydrogen-bond acceptors (Lipinski definition) is 12. The minimum Gasteiger partial charge on any atom is -0.458 e. The monoisotopic (exact) mass is 499 g/mol. The van der Waals surface area contributed by atoms with Gasteiger partial charge in [-0.2, -0.15) is 0 Å². The lowest BCUT2D eigenvalue weighted by molar-refractivity contribution is -0.155. The molecule has 0 saturated heterocycles. The molecular formula is C23H33NO11. The topological polar surface area (TPSA) is 159 Å².